The number of aryl methyl sites for hydroxylation is 1. The first-order valence-electron chi connectivity index (χ1n) is 9.92. The van der Waals surface area contributed by atoms with E-state index in [2.05, 4.69) is 25.7 Å². The van der Waals surface area contributed by atoms with Crippen molar-refractivity contribution in [3.05, 3.63) is 22.1 Å². The molecule has 5 rings (SSSR count). The molecule has 0 radical (unpaired) electrons. The molecule has 7 heteroatoms. The topological polar surface area (TPSA) is 55.6 Å². The highest BCUT2D eigenvalue weighted by atomic mass is 32.1. The highest BCUT2D eigenvalue weighted by molar-refractivity contribution is 7.19. The Hall–Kier alpha value is -1.57. The summed E-state index contributed by atoms with van der Waals surface area (Å²) < 4.78 is 7.96. The van der Waals surface area contributed by atoms with Gasteiger partial charge in [0.25, 0.3) is 0 Å². The molecule has 0 unspecified atom stereocenters. The van der Waals surface area contributed by atoms with E-state index in [1.54, 1.807) is 11.3 Å². The van der Waals surface area contributed by atoms with Gasteiger partial charge in [-0.05, 0) is 51.6 Å². The van der Waals surface area contributed by atoms with Gasteiger partial charge in [-0.3, -0.25) is 4.90 Å². The number of hydrogen-bond acceptors (Lipinski definition) is 6. The van der Waals surface area contributed by atoms with Gasteiger partial charge >= 0.3 is 0 Å². The molecule has 144 valence electrons. The van der Waals surface area contributed by atoms with Gasteiger partial charge in [0.1, 0.15) is 10.7 Å². The molecule has 0 spiro atoms. The Morgan fingerprint density at radius 1 is 1.30 bits per heavy atom. The SMILES string of the molecule is Cc1nc2sc3c(c2c2nc(CN4CCC[C@@H](C)C4)nn12)CC(C)(C)OC3. The molecular weight excluding hydrogens is 358 g/mol. The molecule has 0 aromatic carbocycles. The van der Waals surface area contributed by atoms with Crippen LogP contribution in [-0.2, 0) is 24.3 Å². The molecule has 27 heavy (non-hydrogen) atoms. The van der Waals surface area contributed by atoms with Crippen molar-refractivity contribution in [2.24, 2.45) is 5.92 Å². The third-order valence-corrected chi connectivity index (χ3v) is 6.92. The average molecular weight is 386 g/mol. The van der Waals surface area contributed by atoms with Gasteiger partial charge in [0.05, 0.1) is 24.1 Å². The highest BCUT2D eigenvalue weighted by Gasteiger charge is 2.31. The van der Waals surface area contributed by atoms with Crippen molar-refractivity contribution >= 4 is 27.2 Å². The lowest BCUT2D eigenvalue weighted by atomic mass is 9.94. The van der Waals surface area contributed by atoms with Gasteiger partial charge in [-0.2, -0.15) is 4.52 Å². The maximum absolute atomic E-state index is 6.01. The molecule has 1 saturated heterocycles. The number of aromatic nitrogens is 4. The first kappa shape index (κ1) is 17.5. The van der Waals surface area contributed by atoms with Crippen LogP contribution < -0.4 is 0 Å². The number of ether oxygens (including phenoxy) is 1. The summed E-state index contributed by atoms with van der Waals surface area (Å²) in [6.45, 7) is 12.5. The number of piperidine rings is 1. The van der Waals surface area contributed by atoms with Crippen LogP contribution in [0.15, 0.2) is 0 Å². The lowest BCUT2D eigenvalue weighted by Crippen LogP contribution is -2.34. The minimum atomic E-state index is -0.143. The Balaban J connectivity index is 1.60. The van der Waals surface area contributed by atoms with Crippen LogP contribution in [0.3, 0.4) is 0 Å². The number of thiophene rings is 1. The highest BCUT2D eigenvalue weighted by Crippen LogP contribution is 2.39. The number of likely N-dealkylation sites (tertiary alicyclic amines) is 1. The van der Waals surface area contributed by atoms with Gasteiger partial charge in [-0.15, -0.1) is 16.4 Å². The minimum Gasteiger partial charge on any atom is -0.370 e. The number of fused-ring (bicyclic) bond motifs is 5. The van der Waals surface area contributed by atoms with Crippen molar-refractivity contribution in [1.82, 2.24) is 24.5 Å². The molecule has 1 atom stereocenters. The van der Waals surface area contributed by atoms with Gasteiger partial charge in [0.2, 0.25) is 0 Å². The maximum atomic E-state index is 6.01. The Morgan fingerprint density at radius 3 is 2.96 bits per heavy atom. The largest absolute Gasteiger partial charge is 0.370 e. The lowest BCUT2D eigenvalue weighted by molar-refractivity contribution is -0.0379. The normalized spacial score (nSPS) is 23.2. The fraction of sp³-hybridized carbons (Fsp3) is 0.650. The molecule has 2 aliphatic rings. The molecule has 3 aromatic heterocycles. The second kappa shape index (κ2) is 6.22. The van der Waals surface area contributed by atoms with Crippen LogP contribution in [-0.4, -0.2) is 43.2 Å². The predicted molar refractivity (Wildman–Crippen MR) is 107 cm³/mol. The Kier molecular flexibility index (Phi) is 4.04. The van der Waals surface area contributed by atoms with Crippen molar-refractivity contribution in [2.75, 3.05) is 13.1 Å². The third kappa shape index (κ3) is 3.05. The summed E-state index contributed by atoms with van der Waals surface area (Å²) in [6, 6.07) is 0. The smallest absolute Gasteiger partial charge is 0.168 e. The van der Waals surface area contributed by atoms with Crippen molar-refractivity contribution in [3.8, 4) is 0 Å². The van der Waals surface area contributed by atoms with Crippen LogP contribution in [0.4, 0.5) is 0 Å². The van der Waals surface area contributed by atoms with E-state index in [-0.39, 0.29) is 5.60 Å². The molecule has 0 amide bonds. The summed E-state index contributed by atoms with van der Waals surface area (Å²) >= 11 is 1.75. The molecule has 0 saturated carbocycles. The second-order valence-electron chi connectivity index (χ2n) is 8.81. The zero-order valence-electron chi connectivity index (χ0n) is 16.6. The van der Waals surface area contributed by atoms with E-state index >= 15 is 0 Å². The van der Waals surface area contributed by atoms with Crippen LogP contribution in [0.5, 0.6) is 0 Å². The summed E-state index contributed by atoms with van der Waals surface area (Å²) in [5.74, 6) is 2.58. The summed E-state index contributed by atoms with van der Waals surface area (Å²) in [6.07, 6.45) is 3.50. The van der Waals surface area contributed by atoms with Crippen LogP contribution in [0, 0.1) is 12.8 Å². The monoisotopic (exact) mass is 385 g/mol. The first-order valence-corrected chi connectivity index (χ1v) is 10.7. The van der Waals surface area contributed by atoms with Crippen molar-refractivity contribution < 1.29 is 4.74 Å². The molecule has 2 aliphatic heterocycles. The van der Waals surface area contributed by atoms with Gasteiger partial charge in [-0.25, -0.2) is 9.97 Å². The maximum Gasteiger partial charge on any atom is 0.168 e. The second-order valence-corrected chi connectivity index (χ2v) is 9.90. The molecule has 1 fully saturated rings. The third-order valence-electron chi connectivity index (χ3n) is 5.82. The van der Waals surface area contributed by atoms with Crippen LogP contribution in [0.2, 0.25) is 0 Å². The molecule has 0 aliphatic carbocycles. The quantitative estimate of drug-likeness (QED) is 0.673. The van der Waals surface area contributed by atoms with Gasteiger partial charge in [-0.1, -0.05) is 6.92 Å². The van der Waals surface area contributed by atoms with Crippen LogP contribution >= 0.6 is 11.3 Å². The van der Waals surface area contributed by atoms with Gasteiger partial charge in [0, 0.05) is 17.8 Å². The summed E-state index contributed by atoms with van der Waals surface area (Å²) in [5.41, 5.74) is 2.18. The van der Waals surface area contributed by atoms with Crippen molar-refractivity contribution in [2.45, 2.75) is 65.7 Å². The van der Waals surface area contributed by atoms with Crippen LogP contribution in [0.1, 0.15) is 55.7 Å². The van der Waals surface area contributed by atoms with E-state index in [1.807, 2.05) is 11.4 Å². The van der Waals surface area contributed by atoms with E-state index in [0.717, 1.165) is 54.1 Å². The zero-order valence-corrected chi connectivity index (χ0v) is 17.4. The summed E-state index contributed by atoms with van der Waals surface area (Å²) in [5, 5.41) is 6.00. The molecule has 6 nitrogen and oxygen atoms in total. The van der Waals surface area contributed by atoms with Gasteiger partial charge in [0.15, 0.2) is 11.5 Å². The van der Waals surface area contributed by atoms with Crippen molar-refractivity contribution in [3.63, 3.8) is 0 Å². The van der Waals surface area contributed by atoms with E-state index < -0.39 is 0 Å². The first-order chi connectivity index (χ1) is 12.9. The Labute approximate surface area is 163 Å². The van der Waals surface area contributed by atoms with Crippen molar-refractivity contribution in [1.29, 1.82) is 0 Å². The Morgan fingerprint density at radius 2 is 2.15 bits per heavy atom. The molecule has 3 aromatic rings. The minimum absolute atomic E-state index is 0.143. The molecule has 5 heterocycles. The summed E-state index contributed by atoms with van der Waals surface area (Å²) in [4.78, 5) is 14.7. The average Bonchev–Trinajstić information content (AvgIpc) is 3.15. The van der Waals surface area contributed by atoms with E-state index in [9.17, 15) is 0 Å². The van der Waals surface area contributed by atoms with Crippen LogP contribution in [0.25, 0.3) is 15.9 Å². The van der Waals surface area contributed by atoms with E-state index in [4.69, 9.17) is 19.8 Å². The zero-order chi connectivity index (χ0) is 18.8. The molecule has 0 N–H and O–H groups in total. The summed E-state index contributed by atoms with van der Waals surface area (Å²) in [7, 11) is 0. The standard InChI is InChI=1S/C20H27N5OS/c1-12-6-5-7-24(9-12)10-16-22-18-17-14-8-20(3,4)26-11-15(14)27-19(17)21-13(2)25(18)23-16/h12H,5-11H2,1-4H3/t12-/m1/s1. The van der Waals surface area contributed by atoms with E-state index in [0.29, 0.717) is 6.61 Å². The fourth-order valence-electron chi connectivity index (χ4n) is 4.48. The number of rotatable bonds is 2. The fourth-order valence-corrected chi connectivity index (χ4v) is 5.63. The van der Waals surface area contributed by atoms with Gasteiger partial charge < -0.3 is 4.74 Å². The Bertz CT molecular complexity index is 1020. The number of hydrogen-bond donors (Lipinski definition) is 0. The number of nitrogens with zero attached hydrogens (tertiary/aromatic N) is 5. The molecular formula is C20H27N5OS. The predicted octanol–water partition coefficient (Wildman–Crippen LogP) is 3.73. The molecule has 0 bridgehead atoms. The van der Waals surface area contributed by atoms with E-state index in [1.165, 1.54) is 28.7 Å². The lowest BCUT2D eigenvalue weighted by Gasteiger charge is -2.30.